The Morgan fingerprint density at radius 1 is 1.13 bits per heavy atom. The number of aromatic nitrogens is 2. The van der Waals surface area contributed by atoms with Crippen LogP contribution < -0.4 is 10.5 Å². The number of anilines is 1. The number of rotatable bonds is 2. The van der Waals surface area contributed by atoms with Gasteiger partial charge in [-0.2, -0.15) is 0 Å². The molecule has 0 unspecified atom stereocenters. The highest BCUT2D eigenvalue weighted by Gasteiger charge is 2.02. The molecule has 0 aliphatic rings. The number of nitrogens with zero attached hydrogens (tertiary/aromatic N) is 2. The summed E-state index contributed by atoms with van der Waals surface area (Å²) < 4.78 is 5.36. The zero-order valence-electron chi connectivity index (χ0n) is 7.72. The molecule has 1 aromatic heterocycles. The minimum Gasteiger partial charge on any atom is -0.422 e. The second-order valence-corrected chi connectivity index (χ2v) is 3.26. The first kappa shape index (κ1) is 9.73. The highest BCUT2D eigenvalue weighted by atomic mass is 35.5. The summed E-state index contributed by atoms with van der Waals surface area (Å²) in [5.74, 6) is 0.528. The third kappa shape index (κ3) is 2.35. The van der Waals surface area contributed by atoms with Gasteiger partial charge in [0.05, 0.1) is 23.1 Å². The predicted octanol–water partition coefficient (Wildman–Crippen LogP) is 2.50. The number of para-hydroxylation sites is 2. The van der Waals surface area contributed by atoms with Gasteiger partial charge < -0.3 is 10.5 Å². The zero-order valence-corrected chi connectivity index (χ0v) is 8.48. The Balaban J connectivity index is 2.22. The minimum atomic E-state index is 0.220. The monoisotopic (exact) mass is 221 g/mol. The maximum absolute atomic E-state index is 5.69. The Morgan fingerprint density at radius 3 is 2.47 bits per heavy atom. The van der Waals surface area contributed by atoms with E-state index in [9.17, 15) is 0 Å². The van der Waals surface area contributed by atoms with Gasteiger partial charge in [-0.05, 0) is 12.1 Å². The van der Waals surface area contributed by atoms with E-state index in [-0.39, 0.29) is 6.01 Å². The number of nitrogens with two attached hydrogens (primary N) is 1. The van der Waals surface area contributed by atoms with Crippen molar-refractivity contribution in [2.75, 3.05) is 5.73 Å². The lowest BCUT2D eigenvalue weighted by Crippen LogP contribution is -1.94. The zero-order chi connectivity index (χ0) is 10.7. The van der Waals surface area contributed by atoms with Crippen LogP contribution in [0.2, 0.25) is 5.02 Å². The maximum Gasteiger partial charge on any atom is 0.322 e. The van der Waals surface area contributed by atoms with Crippen molar-refractivity contribution in [3.63, 3.8) is 0 Å². The van der Waals surface area contributed by atoms with Gasteiger partial charge in [-0.15, -0.1) is 0 Å². The maximum atomic E-state index is 5.69. The van der Waals surface area contributed by atoms with E-state index >= 15 is 0 Å². The fraction of sp³-hybridized carbons (Fsp3) is 0. The molecule has 0 amide bonds. The Labute approximate surface area is 91.7 Å². The molecule has 4 nitrogen and oxygen atoms in total. The van der Waals surface area contributed by atoms with E-state index in [0.717, 1.165) is 0 Å². The first-order chi connectivity index (χ1) is 7.25. The molecule has 0 atom stereocenters. The van der Waals surface area contributed by atoms with Crippen LogP contribution in [0, 0.1) is 0 Å². The standard InChI is InChI=1S/C10H8ClN3O/c11-7-5-13-10(14-6-7)15-9-4-2-1-3-8(9)12/h1-6H,12H2. The average molecular weight is 222 g/mol. The first-order valence-corrected chi connectivity index (χ1v) is 4.63. The molecule has 0 aliphatic carbocycles. The second-order valence-electron chi connectivity index (χ2n) is 2.82. The molecule has 0 bridgehead atoms. The molecule has 1 aromatic carbocycles. The van der Waals surface area contributed by atoms with Crippen LogP contribution in [0.4, 0.5) is 5.69 Å². The van der Waals surface area contributed by atoms with Gasteiger partial charge in [-0.25, -0.2) is 9.97 Å². The van der Waals surface area contributed by atoms with Gasteiger partial charge in [0, 0.05) is 0 Å². The number of benzene rings is 1. The van der Waals surface area contributed by atoms with Crippen LogP contribution in [0.3, 0.4) is 0 Å². The summed E-state index contributed by atoms with van der Waals surface area (Å²) in [6, 6.07) is 7.35. The van der Waals surface area contributed by atoms with Crippen LogP contribution in [0.1, 0.15) is 0 Å². The molecule has 2 N–H and O–H groups in total. The first-order valence-electron chi connectivity index (χ1n) is 4.25. The van der Waals surface area contributed by atoms with Crippen molar-refractivity contribution in [3.8, 4) is 11.8 Å². The van der Waals surface area contributed by atoms with Gasteiger partial charge in [-0.1, -0.05) is 23.7 Å². The topological polar surface area (TPSA) is 61.0 Å². The minimum absolute atomic E-state index is 0.220. The van der Waals surface area contributed by atoms with Crippen molar-refractivity contribution >= 4 is 17.3 Å². The second kappa shape index (κ2) is 4.14. The summed E-state index contributed by atoms with van der Waals surface area (Å²) in [5, 5.41) is 0.461. The van der Waals surface area contributed by atoms with Gasteiger partial charge >= 0.3 is 6.01 Å². The normalized spacial score (nSPS) is 9.93. The van der Waals surface area contributed by atoms with Gasteiger partial charge in [-0.3, -0.25) is 0 Å². The van der Waals surface area contributed by atoms with Crippen molar-refractivity contribution < 1.29 is 4.74 Å². The van der Waals surface area contributed by atoms with E-state index < -0.39 is 0 Å². The highest BCUT2D eigenvalue weighted by molar-refractivity contribution is 6.30. The third-order valence-corrected chi connectivity index (χ3v) is 1.91. The Morgan fingerprint density at radius 2 is 1.80 bits per heavy atom. The van der Waals surface area contributed by atoms with Crippen LogP contribution >= 0.6 is 11.6 Å². The Kier molecular flexibility index (Phi) is 2.69. The molecule has 15 heavy (non-hydrogen) atoms. The van der Waals surface area contributed by atoms with E-state index in [1.165, 1.54) is 12.4 Å². The molecule has 0 fully saturated rings. The molecular formula is C10H8ClN3O. The lowest BCUT2D eigenvalue weighted by atomic mass is 10.3. The lowest BCUT2D eigenvalue weighted by Gasteiger charge is -2.05. The molecule has 2 aromatic rings. The summed E-state index contributed by atoms with van der Waals surface area (Å²) in [6.45, 7) is 0. The van der Waals surface area contributed by atoms with E-state index in [2.05, 4.69) is 9.97 Å². The van der Waals surface area contributed by atoms with Crippen molar-refractivity contribution in [1.29, 1.82) is 0 Å². The van der Waals surface area contributed by atoms with E-state index in [1.807, 2.05) is 12.1 Å². The fourth-order valence-corrected chi connectivity index (χ4v) is 1.12. The predicted molar refractivity (Wildman–Crippen MR) is 58.0 cm³/mol. The van der Waals surface area contributed by atoms with E-state index in [0.29, 0.717) is 16.5 Å². The summed E-state index contributed by atoms with van der Waals surface area (Å²) in [5.41, 5.74) is 6.23. The molecule has 76 valence electrons. The summed E-state index contributed by atoms with van der Waals surface area (Å²) in [7, 11) is 0. The van der Waals surface area contributed by atoms with E-state index in [1.54, 1.807) is 12.1 Å². The number of halogens is 1. The molecule has 0 saturated heterocycles. The molecule has 0 saturated carbocycles. The molecule has 2 rings (SSSR count). The van der Waals surface area contributed by atoms with Gasteiger partial charge in [0.15, 0.2) is 5.75 Å². The molecular weight excluding hydrogens is 214 g/mol. The molecule has 5 heteroatoms. The largest absolute Gasteiger partial charge is 0.422 e. The van der Waals surface area contributed by atoms with Crippen LogP contribution in [0.25, 0.3) is 0 Å². The average Bonchev–Trinajstić information content (AvgIpc) is 2.25. The summed E-state index contributed by atoms with van der Waals surface area (Å²) in [6.07, 6.45) is 2.92. The number of hydrogen-bond acceptors (Lipinski definition) is 4. The van der Waals surface area contributed by atoms with Crippen LogP contribution in [0.15, 0.2) is 36.7 Å². The Bertz CT molecular complexity index is 458. The molecule has 0 spiro atoms. The molecule has 0 radical (unpaired) electrons. The SMILES string of the molecule is Nc1ccccc1Oc1ncc(Cl)cn1. The van der Waals surface area contributed by atoms with Crippen molar-refractivity contribution in [2.24, 2.45) is 0 Å². The van der Waals surface area contributed by atoms with Crippen LogP contribution in [-0.4, -0.2) is 9.97 Å². The quantitative estimate of drug-likeness (QED) is 0.792. The van der Waals surface area contributed by atoms with Crippen molar-refractivity contribution in [2.45, 2.75) is 0 Å². The summed E-state index contributed by atoms with van der Waals surface area (Å²) in [4.78, 5) is 7.79. The number of hydrogen-bond donors (Lipinski definition) is 1. The van der Waals surface area contributed by atoms with Crippen LogP contribution in [0.5, 0.6) is 11.8 Å². The lowest BCUT2D eigenvalue weighted by molar-refractivity contribution is 0.444. The number of ether oxygens (including phenoxy) is 1. The van der Waals surface area contributed by atoms with Gasteiger partial charge in [0.1, 0.15) is 0 Å². The Hall–Kier alpha value is -1.81. The van der Waals surface area contributed by atoms with Gasteiger partial charge in [0.2, 0.25) is 0 Å². The molecule has 0 aliphatic heterocycles. The smallest absolute Gasteiger partial charge is 0.322 e. The highest BCUT2D eigenvalue weighted by Crippen LogP contribution is 2.24. The van der Waals surface area contributed by atoms with Gasteiger partial charge in [0.25, 0.3) is 0 Å². The fourth-order valence-electron chi connectivity index (χ4n) is 1.02. The van der Waals surface area contributed by atoms with E-state index in [4.69, 9.17) is 22.1 Å². The van der Waals surface area contributed by atoms with Crippen molar-refractivity contribution in [3.05, 3.63) is 41.7 Å². The third-order valence-electron chi connectivity index (χ3n) is 1.72. The van der Waals surface area contributed by atoms with Crippen LogP contribution in [-0.2, 0) is 0 Å². The number of nitrogen functional groups attached to an aromatic ring is 1. The summed E-state index contributed by atoms with van der Waals surface area (Å²) >= 11 is 5.64. The van der Waals surface area contributed by atoms with Crippen molar-refractivity contribution in [1.82, 2.24) is 9.97 Å². The molecule has 1 heterocycles.